The van der Waals surface area contributed by atoms with E-state index in [2.05, 4.69) is 15.9 Å². The first-order valence-corrected chi connectivity index (χ1v) is 9.88. The molecule has 0 bridgehead atoms. The number of aryl methyl sites for hydroxylation is 1. The van der Waals surface area contributed by atoms with Gasteiger partial charge in [-0.1, -0.05) is 0 Å². The minimum atomic E-state index is -0.855. The second-order valence-corrected chi connectivity index (χ2v) is 7.81. The first-order valence-electron chi connectivity index (χ1n) is 8.20. The van der Waals surface area contributed by atoms with E-state index in [1.807, 2.05) is 28.1 Å². The van der Waals surface area contributed by atoms with Crippen molar-refractivity contribution in [2.75, 3.05) is 0 Å². The Morgan fingerprint density at radius 3 is 2.56 bits per heavy atom. The van der Waals surface area contributed by atoms with Crippen LogP contribution >= 0.6 is 27.3 Å². The number of hydrogen-bond donors (Lipinski definition) is 3. The number of nitrogens with two attached hydrogens (primary N) is 2. The number of rotatable bonds is 7. The predicted octanol–water partition coefficient (Wildman–Crippen LogP) is 3.54. The molecule has 27 heavy (non-hydrogen) atoms. The summed E-state index contributed by atoms with van der Waals surface area (Å²) in [5.74, 6) is -1.37. The van der Waals surface area contributed by atoms with Gasteiger partial charge < -0.3 is 21.1 Å². The molecular formula is C19H18BrN3O3S. The smallest absolute Gasteiger partial charge is 0.303 e. The van der Waals surface area contributed by atoms with E-state index >= 15 is 0 Å². The molecule has 1 aromatic carbocycles. The number of nitrogens with zero attached hydrogens (tertiary/aromatic N) is 1. The zero-order valence-electron chi connectivity index (χ0n) is 14.3. The maximum absolute atomic E-state index is 11.5. The highest BCUT2D eigenvalue weighted by atomic mass is 79.9. The van der Waals surface area contributed by atoms with Crippen LogP contribution in [-0.4, -0.2) is 21.6 Å². The molecule has 0 aliphatic rings. The van der Waals surface area contributed by atoms with Crippen molar-refractivity contribution in [3.63, 3.8) is 0 Å². The van der Waals surface area contributed by atoms with E-state index in [9.17, 15) is 9.59 Å². The van der Waals surface area contributed by atoms with Crippen LogP contribution in [0.1, 0.15) is 28.0 Å². The third-order valence-electron chi connectivity index (χ3n) is 4.20. The van der Waals surface area contributed by atoms with Gasteiger partial charge in [-0.15, -0.1) is 11.3 Å². The van der Waals surface area contributed by atoms with Crippen LogP contribution in [0.15, 0.2) is 46.3 Å². The zero-order valence-corrected chi connectivity index (χ0v) is 16.7. The summed E-state index contributed by atoms with van der Waals surface area (Å²) in [6.07, 6.45) is 0.401. The van der Waals surface area contributed by atoms with Gasteiger partial charge in [0, 0.05) is 27.7 Å². The molecule has 8 heteroatoms. The zero-order chi connectivity index (χ0) is 19.6. The summed E-state index contributed by atoms with van der Waals surface area (Å²) in [7, 11) is 0. The Bertz CT molecular complexity index is 1010. The van der Waals surface area contributed by atoms with Gasteiger partial charge in [0.1, 0.15) is 0 Å². The Kier molecular flexibility index (Phi) is 5.79. The fourth-order valence-electron chi connectivity index (χ4n) is 2.95. The van der Waals surface area contributed by atoms with Crippen LogP contribution in [0.25, 0.3) is 16.3 Å². The molecule has 2 heterocycles. The molecule has 0 aliphatic heterocycles. The second-order valence-electron chi connectivity index (χ2n) is 5.98. The summed E-state index contributed by atoms with van der Waals surface area (Å²) in [5.41, 5.74) is 15.1. The topological polar surface area (TPSA) is 111 Å². The van der Waals surface area contributed by atoms with Gasteiger partial charge in [0.15, 0.2) is 0 Å². The third-order valence-corrected chi connectivity index (χ3v) is 5.92. The molecule has 0 spiro atoms. The monoisotopic (exact) mass is 447 g/mol. The molecule has 6 nitrogen and oxygen atoms in total. The van der Waals surface area contributed by atoms with Crippen LogP contribution in [0, 0.1) is 0 Å². The number of carbonyl (C=O) groups is 2. The number of aliphatic carboxylic acids is 1. The fraction of sp³-hybridized carbons (Fsp3) is 0.158. The number of hydrogen-bond acceptors (Lipinski definition) is 4. The van der Waals surface area contributed by atoms with E-state index < -0.39 is 11.9 Å². The van der Waals surface area contributed by atoms with Crippen LogP contribution < -0.4 is 11.5 Å². The van der Waals surface area contributed by atoms with Crippen molar-refractivity contribution in [2.45, 2.75) is 19.4 Å². The lowest BCUT2D eigenvalue weighted by Crippen LogP contribution is -2.14. The molecule has 2 aromatic heterocycles. The molecule has 0 radical (unpaired) electrons. The number of amides is 1. The Labute approximate surface area is 168 Å². The van der Waals surface area contributed by atoms with Crippen LogP contribution in [0.5, 0.6) is 0 Å². The summed E-state index contributed by atoms with van der Waals surface area (Å²) < 4.78 is 2.99. The highest BCUT2D eigenvalue weighted by molar-refractivity contribution is 9.10. The van der Waals surface area contributed by atoms with Crippen molar-refractivity contribution in [2.24, 2.45) is 11.5 Å². The van der Waals surface area contributed by atoms with Gasteiger partial charge in [-0.05, 0) is 64.3 Å². The molecule has 0 saturated heterocycles. The molecule has 0 aliphatic carbocycles. The summed E-state index contributed by atoms with van der Waals surface area (Å²) in [6, 6.07) is 11.1. The maximum atomic E-state index is 11.5. The average Bonchev–Trinajstić information content (AvgIpc) is 3.25. The van der Waals surface area contributed by atoms with Crippen molar-refractivity contribution >= 4 is 39.1 Å². The number of carboxylic acids is 1. The van der Waals surface area contributed by atoms with E-state index in [0.717, 1.165) is 32.0 Å². The molecular weight excluding hydrogens is 430 g/mol. The largest absolute Gasteiger partial charge is 0.481 e. The molecule has 0 saturated carbocycles. The first kappa shape index (κ1) is 19.3. The summed E-state index contributed by atoms with van der Waals surface area (Å²) in [4.78, 5) is 23.6. The van der Waals surface area contributed by atoms with E-state index in [0.29, 0.717) is 12.0 Å². The minimum absolute atomic E-state index is 0.0227. The maximum Gasteiger partial charge on any atom is 0.303 e. The molecule has 5 N–H and O–H groups in total. The van der Waals surface area contributed by atoms with Gasteiger partial charge in [-0.25, -0.2) is 0 Å². The number of benzene rings is 1. The minimum Gasteiger partial charge on any atom is -0.481 e. The van der Waals surface area contributed by atoms with Gasteiger partial charge in [0.25, 0.3) is 0 Å². The third kappa shape index (κ3) is 4.13. The van der Waals surface area contributed by atoms with Crippen molar-refractivity contribution in [3.8, 4) is 16.3 Å². The number of primary amides is 1. The lowest BCUT2D eigenvalue weighted by atomic mass is 10.1. The van der Waals surface area contributed by atoms with E-state index in [1.165, 1.54) is 0 Å². The summed E-state index contributed by atoms with van der Waals surface area (Å²) in [6.45, 7) is 0.223. The number of carbonyl (C=O) groups excluding carboxylic acids is 1. The highest BCUT2D eigenvalue weighted by Gasteiger charge is 2.17. The van der Waals surface area contributed by atoms with E-state index in [-0.39, 0.29) is 13.0 Å². The molecule has 3 aromatic rings. The number of carboxylic acid groups (broad SMARTS) is 1. The van der Waals surface area contributed by atoms with Crippen LogP contribution in [-0.2, 0) is 17.8 Å². The van der Waals surface area contributed by atoms with Crippen molar-refractivity contribution < 1.29 is 14.7 Å². The summed E-state index contributed by atoms with van der Waals surface area (Å²) in [5, 5.41) is 11.1. The van der Waals surface area contributed by atoms with Gasteiger partial charge >= 0.3 is 5.97 Å². The highest BCUT2D eigenvalue weighted by Crippen LogP contribution is 2.34. The Morgan fingerprint density at radius 2 is 1.96 bits per heavy atom. The average molecular weight is 448 g/mol. The Balaban J connectivity index is 2.18. The molecule has 0 fully saturated rings. The molecule has 0 unspecified atom stereocenters. The van der Waals surface area contributed by atoms with Gasteiger partial charge in [0.05, 0.1) is 22.7 Å². The molecule has 1 amide bonds. The predicted molar refractivity (Wildman–Crippen MR) is 109 cm³/mol. The van der Waals surface area contributed by atoms with E-state index in [4.69, 9.17) is 16.6 Å². The normalized spacial score (nSPS) is 10.9. The van der Waals surface area contributed by atoms with Crippen molar-refractivity contribution in [1.29, 1.82) is 0 Å². The summed E-state index contributed by atoms with van der Waals surface area (Å²) >= 11 is 5.05. The SMILES string of the molecule is NCc1cc(C(N)=O)ccc1-n1c(CCC(=O)O)ccc1-c1cc(Br)cs1. The number of halogens is 1. The number of aromatic nitrogens is 1. The standard InChI is InChI=1S/C19H18BrN3O3S/c20-13-8-17(27-10-13)16-5-2-14(3-6-18(24)25)23(16)15-4-1-11(19(22)26)7-12(15)9-21/h1-2,4-5,7-8,10H,3,6,9,21H2,(H2,22,26)(H,24,25). The first-order chi connectivity index (χ1) is 12.9. The second kappa shape index (κ2) is 8.08. The van der Waals surface area contributed by atoms with E-state index in [1.54, 1.807) is 29.5 Å². The molecule has 140 valence electrons. The Morgan fingerprint density at radius 1 is 1.19 bits per heavy atom. The lowest BCUT2D eigenvalue weighted by Gasteiger charge is -2.17. The van der Waals surface area contributed by atoms with Crippen molar-refractivity contribution in [1.82, 2.24) is 4.57 Å². The number of thiophene rings is 1. The van der Waals surface area contributed by atoms with Crippen LogP contribution in [0.2, 0.25) is 0 Å². The van der Waals surface area contributed by atoms with Crippen molar-refractivity contribution in [3.05, 3.63) is 63.1 Å². The van der Waals surface area contributed by atoms with Crippen LogP contribution in [0.4, 0.5) is 0 Å². The Hall–Kier alpha value is -2.42. The lowest BCUT2D eigenvalue weighted by molar-refractivity contribution is -0.136. The fourth-order valence-corrected chi connectivity index (χ4v) is 4.40. The van der Waals surface area contributed by atoms with Gasteiger partial charge in [-0.3, -0.25) is 9.59 Å². The van der Waals surface area contributed by atoms with Crippen LogP contribution in [0.3, 0.4) is 0 Å². The molecule has 0 atom stereocenters. The van der Waals surface area contributed by atoms with Gasteiger partial charge in [0.2, 0.25) is 5.91 Å². The quantitative estimate of drug-likeness (QED) is 0.513. The molecule has 3 rings (SSSR count). The van der Waals surface area contributed by atoms with Gasteiger partial charge in [-0.2, -0.15) is 0 Å².